The molecule has 8 nitrogen and oxygen atoms in total. The van der Waals surface area contributed by atoms with E-state index >= 15 is 0 Å². The van der Waals surface area contributed by atoms with Crippen molar-refractivity contribution >= 4 is 11.8 Å². The van der Waals surface area contributed by atoms with E-state index in [9.17, 15) is 0 Å². The predicted molar refractivity (Wildman–Crippen MR) is 127 cm³/mol. The summed E-state index contributed by atoms with van der Waals surface area (Å²) in [7, 11) is 3.53. The second-order valence-corrected chi connectivity index (χ2v) is 8.44. The summed E-state index contributed by atoms with van der Waals surface area (Å²) in [6.45, 7) is 5.61. The van der Waals surface area contributed by atoms with E-state index in [1.807, 2.05) is 25.2 Å². The lowest BCUT2D eigenvalue weighted by atomic mass is 9.90. The Hall–Kier alpha value is -2.58. The number of nitrogens with zero attached hydrogens (tertiary/aromatic N) is 3. The van der Waals surface area contributed by atoms with Crippen LogP contribution in [0.3, 0.4) is 0 Å². The van der Waals surface area contributed by atoms with Crippen LogP contribution in [0.4, 0.5) is 11.8 Å². The Balaban J connectivity index is 1.60. The average Bonchev–Trinajstić information content (AvgIpc) is 3.35. The Kier molecular flexibility index (Phi) is 7.65. The molecule has 1 aromatic heterocycles. The second-order valence-electron chi connectivity index (χ2n) is 8.44. The normalized spacial score (nSPS) is 17.4. The fourth-order valence-electron chi connectivity index (χ4n) is 4.65. The maximum Gasteiger partial charge on any atom is 0.222 e. The van der Waals surface area contributed by atoms with Gasteiger partial charge in [0.25, 0.3) is 0 Å². The van der Waals surface area contributed by atoms with Gasteiger partial charge in [-0.2, -0.15) is 4.98 Å². The van der Waals surface area contributed by atoms with Gasteiger partial charge in [-0.3, -0.25) is 0 Å². The highest BCUT2D eigenvalue weighted by molar-refractivity contribution is 5.80. The third-order valence-corrected chi connectivity index (χ3v) is 6.33. The van der Waals surface area contributed by atoms with Crippen LogP contribution >= 0.6 is 0 Å². The van der Waals surface area contributed by atoms with E-state index in [0.717, 1.165) is 73.2 Å². The summed E-state index contributed by atoms with van der Waals surface area (Å²) >= 11 is 0. The summed E-state index contributed by atoms with van der Waals surface area (Å²) in [5.74, 6) is 2.76. The molecule has 0 bridgehead atoms. The number of ether oxygens (including phenoxy) is 3. The fraction of sp³-hybridized carbons (Fsp3) is 0.583. The van der Waals surface area contributed by atoms with Crippen LogP contribution in [0.2, 0.25) is 0 Å². The van der Waals surface area contributed by atoms with Crippen molar-refractivity contribution in [2.75, 3.05) is 64.7 Å². The van der Waals surface area contributed by atoms with E-state index in [-0.39, 0.29) is 11.9 Å². The third-order valence-electron chi connectivity index (χ3n) is 6.33. The van der Waals surface area contributed by atoms with Crippen LogP contribution in [0.15, 0.2) is 18.2 Å². The molecule has 2 saturated heterocycles. The topological polar surface area (TPSA) is 94.8 Å². The number of likely N-dealkylation sites (tertiary alicyclic amines) is 1. The van der Waals surface area contributed by atoms with Gasteiger partial charge in [0, 0.05) is 38.3 Å². The van der Waals surface area contributed by atoms with Crippen molar-refractivity contribution in [2.24, 2.45) is 0 Å². The summed E-state index contributed by atoms with van der Waals surface area (Å²) in [6.07, 6.45) is 5.45. The molecule has 1 aromatic carbocycles. The summed E-state index contributed by atoms with van der Waals surface area (Å²) in [5.41, 5.74) is 8.99. The van der Waals surface area contributed by atoms with E-state index in [0.29, 0.717) is 6.61 Å². The first-order chi connectivity index (χ1) is 15.7. The first-order valence-corrected chi connectivity index (χ1v) is 11.7. The van der Waals surface area contributed by atoms with E-state index < -0.39 is 0 Å². The molecule has 0 atom stereocenters. The van der Waals surface area contributed by atoms with Gasteiger partial charge in [-0.25, -0.2) is 4.98 Å². The maximum absolute atomic E-state index is 6.18. The molecule has 32 heavy (non-hydrogen) atoms. The van der Waals surface area contributed by atoms with Gasteiger partial charge in [0.2, 0.25) is 5.95 Å². The van der Waals surface area contributed by atoms with Gasteiger partial charge in [-0.05, 0) is 62.9 Å². The molecule has 0 unspecified atom stereocenters. The zero-order valence-corrected chi connectivity index (χ0v) is 19.2. The molecule has 2 fully saturated rings. The predicted octanol–water partition coefficient (Wildman–Crippen LogP) is 3.53. The van der Waals surface area contributed by atoms with E-state index in [1.54, 1.807) is 7.11 Å². The van der Waals surface area contributed by atoms with Gasteiger partial charge in [-0.1, -0.05) is 6.07 Å². The second kappa shape index (κ2) is 10.8. The van der Waals surface area contributed by atoms with Crippen LogP contribution in [0.5, 0.6) is 11.5 Å². The van der Waals surface area contributed by atoms with Crippen LogP contribution in [0, 0.1) is 0 Å². The Morgan fingerprint density at radius 2 is 1.94 bits per heavy atom. The number of aromatic nitrogens is 2. The first-order valence-electron chi connectivity index (χ1n) is 11.7. The van der Waals surface area contributed by atoms with Crippen molar-refractivity contribution in [1.82, 2.24) is 14.9 Å². The highest BCUT2D eigenvalue weighted by Crippen LogP contribution is 2.41. The van der Waals surface area contributed by atoms with Gasteiger partial charge in [-0.15, -0.1) is 0 Å². The van der Waals surface area contributed by atoms with E-state index in [4.69, 9.17) is 19.9 Å². The van der Waals surface area contributed by atoms with Crippen LogP contribution in [0.25, 0.3) is 11.1 Å². The maximum atomic E-state index is 6.18. The van der Waals surface area contributed by atoms with Gasteiger partial charge < -0.3 is 30.2 Å². The summed E-state index contributed by atoms with van der Waals surface area (Å²) in [5, 5.41) is 3.21. The zero-order chi connectivity index (χ0) is 22.3. The van der Waals surface area contributed by atoms with E-state index in [2.05, 4.69) is 20.2 Å². The number of nitrogen functional groups attached to an aromatic ring is 1. The number of nitrogens with two attached hydrogens (primary N) is 1. The molecule has 8 heteroatoms. The molecular formula is C24H35N5O3. The first kappa shape index (κ1) is 22.6. The highest BCUT2D eigenvalue weighted by Gasteiger charge is 2.25. The average molecular weight is 442 g/mol. The summed E-state index contributed by atoms with van der Waals surface area (Å²) in [4.78, 5) is 11.6. The van der Waals surface area contributed by atoms with Crippen molar-refractivity contribution in [3.8, 4) is 22.6 Å². The number of anilines is 2. The highest BCUT2D eigenvalue weighted by atomic mass is 16.5. The minimum absolute atomic E-state index is 0.281. The van der Waals surface area contributed by atoms with Crippen LogP contribution in [-0.2, 0) is 4.74 Å². The molecule has 174 valence electrons. The van der Waals surface area contributed by atoms with Crippen molar-refractivity contribution < 1.29 is 14.2 Å². The molecular weight excluding hydrogens is 406 g/mol. The molecule has 0 radical (unpaired) electrons. The Morgan fingerprint density at radius 1 is 1.16 bits per heavy atom. The lowest BCUT2D eigenvalue weighted by Gasteiger charge is -2.25. The minimum Gasteiger partial charge on any atom is -0.493 e. The summed E-state index contributed by atoms with van der Waals surface area (Å²) in [6, 6.07) is 6.02. The zero-order valence-electron chi connectivity index (χ0n) is 19.2. The number of benzene rings is 1. The molecule has 0 saturated carbocycles. The minimum atomic E-state index is 0.281. The molecule has 2 aliphatic heterocycles. The monoisotopic (exact) mass is 441 g/mol. The van der Waals surface area contributed by atoms with Crippen molar-refractivity contribution in [2.45, 2.75) is 38.0 Å². The van der Waals surface area contributed by atoms with Crippen LogP contribution in [0.1, 0.15) is 43.7 Å². The lowest BCUT2D eigenvalue weighted by molar-refractivity contribution is 0.0846. The summed E-state index contributed by atoms with van der Waals surface area (Å²) < 4.78 is 17.3. The molecule has 3 heterocycles. The number of hydrogen-bond donors (Lipinski definition) is 2. The largest absolute Gasteiger partial charge is 0.493 e. The van der Waals surface area contributed by atoms with Crippen LogP contribution in [-0.4, -0.2) is 68.5 Å². The number of rotatable bonds is 9. The van der Waals surface area contributed by atoms with Crippen molar-refractivity contribution in [3.05, 3.63) is 23.9 Å². The Morgan fingerprint density at radius 3 is 2.66 bits per heavy atom. The molecule has 2 aliphatic rings. The SMILES string of the molecule is CNc1nc(N)nc(C2CCOCC2)c1-c1ccc(OC)c(OCCCN2CCCC2)c1. The van der Waals surface area contributed by atoms with Gasteiger partial charge in [0.05, 0.1) is 19.4 Å². The molecule has 2 aromatic rings. The third kappa shape index (κ3) is 5.24. The number of nitrogens with one attached hydrogen (secondary N) is 1. The quantitative estimate of drug-likeness (QED) is 0.571. The smallest absolute Gasteiger partial charge is 0.222 e. The molecule has 4 rings (SSSR count). The van der Waals surface area contributed by atoms with Crippen LogP contribution < -0.4 is 20.5 Å². The van der Waals surface area contributed by atoms with Gasteiger partial charge >= 0.3 is 0 Å². The van der Waals surface area contributed by atoms with Crippen molar-refractivity contribution in [1.29, 1.82) is 0 Å². The molecule has 0 spiro atoms. The van der Waals surface area contributed by atoms with Gasteiger partial charge in [0.15, 0.2) is 11.5 Å². The molecule has 0 amide bonds. The molecule has 0 aliphatic carbocycles. The molecule has 3 N–H and O–H groups in total. The van der Waals surface area contributed by atoms with Gasteiger partial charge in [0.1, 0.15) is 5.82 Å². The standard InChI is InChI=1S/C24H35N5O3/c1-26-23-21(22(27-24(25)28-23)17-8-14-31-15-9-17)18-6-7-19(30-2)20(16-18)32-13-5-12-29-10-3-4-11-29/h6-7,16-17H,3-5,8-15H2,1-2H3,(H3,25,26,27,28). The lowest BCUT2D eigenvalue weighted by Crippen LogP contribution is -2.22. The Labute approximate surface area is 190 Å². The Bertz CT molecular complexity index is 895. The van der Waals surface area contributed by atoms with Crippen molar-refractivity contribution in [3.63, 3.8) is 0 Å². The number of hydrogen-bond acceptors (Lipinski definition) is 8. The fourth-order valence-corrected chi connectivity index (χ4v) is 4.65. The van der Waals surface area contributed by atoms with E-state index in [1.165, 1.54) is 25.9 Å². The number of methoxy groups -OCH3 is 1.